The van der Waals surface area contributed by atoms with Crippen molar-refractivity contribution in [3.05, 3.63) is 58.4 Å². The van der Waals surface area contributed by atoms with Crippen LogP contribution in [-0.4, -0.2) is 12.8 Å². The molecule has 1 aliphatic heterocycles. The zero-order valence-electron chi connectivity index (χ0n) is 15.1. The van der Waals surface area contributed by atoms with Crippen molar-refractivity contribution < 1.29 is 13.9 Å². The molecule has 0 fully saturated rings. The van der Waals surface area contributed by atoms with Crippen LogP contribution >= 0.6 is 0 Å². The van der Waals surface area contributed by atoms with Crippen LogP contribution in [0.15, 0.2) is 35.3 Å². The molecule has 0 radical (unpaired) electrons. The lowest BCUT2D eigenvalue weighted by atomic mass is 10.0. The van der Waals surface area contributed by atoms with Crippen molar-refractivity contribution in [2.24, 2.45) is 10.7 Å². The van der Waals surface area contributed by atoms with E-state index in [1.165, 1.54) is 23.3 Å². The van der Waals surface area contributed by atoms with Crippen molar-refractivity contribution in [2.75, 3.05) is 12.1 Å². The van der Waals surface area contributed by atoms with E-state index >= 15 is 0 Å². The van der Waals surface area contributed by atoms with E-state index in [-0.39, 0.29) is 19.2 Å². The molecule has 1 heterocycles. The molecular weight excluding hydrogens is 333 g/mol. The molecule has 1 aliphatic rings. The first-order chi connectivity index (χ1) is 12.6. The highest BCUT2D eigenvalue weighted by atomic mass is 19.1. The molecule has 0 amide bonds. The molecule has 5 nitrogen and oxygen atoms in total. The van der Waals surface area contributed by atoms with Gasteiger partial charge in [0.05, 0.1) is 13.2 Å². The molecule has 6 heteroatoms. The first-order valence-electron chi connectivity index (χ1n) is 8.81. The van der Waals surface area contributed by atoms with Crippen molar-refractivity contribution in [1.29, 1.82) is 0 Å². The van der Waals surface area contributed by atoms with E-state index in [9.17, 15) is 4.39 Å². The number of fused-ring (bicyclic) bond motifs is 1. The Hall–Kier alpha value is -2.60. The van der Waals surface area contributed by atoms with E-state index in [1.807, 2.05) is 0 Å². The zero-order valence-corrected chi connectivity index (χ0v) is 15.1. The minimum atomic E-state index is -0.334. The van der Waals surface area contributed by atoms with Gasteiger partial charge in [0.1, 0.15) is 11.6 Å². The first kappa shape index (κ1) is 18.2. The number of nitrogens with two attached hydrogens (primary N) is 1. The van der Waals surface area contributed by atoms with E-state index in [2.05, 4.69) is 42.4 Å². The van der Waals surface area contributed by atoms with Crippen LogP contribution in [0.1, 0.15) is 36.1 Å². The third-order valence-electron chi connectivity index (χ3n) is 4.42. The average Bonchev–Trinajstić information content (AvgIpc) is 2.66. The molecule has 0 bridgehead atoms. The molecule has 0 saturated carbocycles. The Bertz CT molecular complexity index is 799. The van der Waals surface area contributed by atoms with Gasteiger partial charge in [-0.15, -0.1) is 0 Å². The third-order valence-corrected chi connectivity index (χ3v) is 4.42. The van der Waals surface area contributed by atoms with Gasteiger partial charge in [-0.05, 0) is 36.1 Å². The van der Waals surface area contributed by atoms with Gasteiger partial charge in [0, 0.05) is 16.8 Å². The van der Waals surface area contributed by atoms with Gasteiger partial charge in [-0.2, -0.15) is 0 Å². The fraction of sp³-hybridized carbons (Fsp3) is 0.350. The number of benzene rings is 2. The van der Waals surface area contributed by atoms with Gasteiger partial charge >= 0.3 is 0 Å². The molecule has 138 valence electrons. The predicted molar refractivity (Wildman–Crippen MR) is 101 cm³/mol. The molecule has 0 atom stereocenters. The monoisotopic (exact) mass is 357 g/mol. The lowest BCUT2D eigenvalue weighted by Crippen LogP contribution is -2.24. The molecule has 0 aliphatic carbocycles. The minimum absolute atomic E-state index is 0.160. The van der Waals surface area contributed by atoms with Gasteiger partial charge in [-0.25, -0.2) is 9.38 Å². The smallest absolute Gasteiger partial charge is 0.193 e. The maximum Gasteiger partial charge on any atom is 0.193 e. The van der Waals surface area contributed by atoms with Gasteiger partial charge in [0.15, 0.2) is 12.8 Å². The standard InChI is InChI=1S/C20H24FN3O2/c1-3-13-6-5-7-14(4-2)18(13)24-20(22)23-10-15-8-17(21)9-16-11-25-12-26-19(15)16/h5-9H,3-4,10-12H2,1-2H3,(H3,22,23,24). The number of ether oxygens (including phenoxy) is 2. The number of aliphatic imine (C=N–C) groups is 1. The number of rotatable bonds is 5. The summed E-state index contributed by atoms with van der Waals surface area (Å²) in [5.74, 6) is 0.599. The van der Waals surface area contributed by atoms with Crippen LogP contribution in [0.5, 0.6) is 5.75 Å². The quantitative estimate of drug-likeness (QED) is 0.632. The normalized spacial score (nSPS) is 13.9. The number of hydrogen-bond donors (Lipinski definition) is 2. The largest absolute Gasteiger partial charge is 0.467 e. The van der Waals surface area contributed by atoms with Crippen molar-refractivity contribution in [3.63, 3.8) is 0 Å². The van der Waals surface area contributed by atoms with E-state index in [0.717, 1.165) is 18.5 Å². The summed E-state index contributed by atoms with van der Waals surface area (Å²) >= 11 is 0. The first-order valence-corrected chi connectivity index (χ1v) is 8.81. The second-order valence-corrected chi connectivity index (χ2v) is 6.15. The molecule has 3 N–H and O–H groups in total. The number of hydrogen-bond acceptors (Lipinski definition) is 3. The number of nitrogens with zero attached hydrogens (tertiary/aromatic N) is 1. The summed E-state index contributed by atoms with van der Waals surface area (Å²) in [6.45, 7) is 4.93. The van der Waals surface area contributed by atoms with Crippen molar-refractivity contribution in [3.8, 4) is 5.75 Å². The summed E-state index contributed by atoms with van der Waals surface area (Å²) in [5, 5.41) is 3.21. The molecule has 0 spiro atoms. The Labute approximate surface area is 153 Å². The van der Waals surface area contributed by atoms with Gasteiger partial charge in [0.2, 0.25) is 0 Å². The topological polar surface area (TPSA) is 68.9 Å². The second-order valence-electron chi connectivity index (χ2n) is 6.15. The molecule has 2 aromatic carbocycles. The molecule has 26 heavy (non-hydrogen) atoms. The van der Waals surface area contributed by atoms with Crippen molar-refractivity contribution in [2.45, 2.75) is 39.8 Å². The summed E-state index contributed by atoms with van der Waals surface area (Å²) in [7, 11) is 0. The molecule has 0 unspecified atom stereocenters. The number of halogens is 1. The average molecular weight is 357 g/mol. The number of anilines is 1. The highest BCUT2D eigenvalue weighted by Crippen LogP contribution is 2.30. The number of nitrogens with one attached hydrogen (secondary N) is 1. The summed E-state index contributed by atoms with van der Waals surface area (Å²) in [5.41, 5.74) is 10.8. The van der Waals surface area contributed by atoms with Crippen LogP contribution in [0.25, 0.3) is 0 Å². The third kappa shape index (κ3) is 3.96. The van der Waals surface area contributed by atoms with E-state index in [1.54, 1.807) is 0 Å². The zero-order chi connectivity index (χ0) is 18.5. The molecule has 0 aromatic heterocycles. The summed E-state index contributed by atoms with van der Waals surface area (Å²) in [4.78, 5) is 4.39. The lowest BCUT2D eigenvalue weighted by molar-refractivity contribution is -0.0172. The van der Waals surface area contributed by atoms with Crippen LogP contribution in [0, 0.1) is 5.82 Å². The fourth-order valence-corrected chi connectivity index (χ4v) is 3.12. The summed E-state index contributed by atoms with van der Waals surface area (Å²) in [6, 6.07) is 9.05. The van der Waals surface area contributed by atoms with Crippen LogP contribution < -0.4 is 15.8 Å². The van der Waals surface area contributed by atoms with Gasteiger partial charge in [-0.3, -0.25) is 0 Å². The maximum absolute atomic E-state index is 13.8. The number of aryl methyl sites for hydroxylation is 2. The summed E-state index contributed by atoms with van der Waals surface area (Å²) in [6.07, 6.45) is 1.80. The van der Waals surface area contributed by atoms with Gasteiger partial charge in [-0.1, -0.05) is 32.0 Å². The van der Waals surface area contributed by atoms with Crippen molar-refractivity contribution >= 4 is 11.6 Å². The number of guanidine groups is 1. The summed E-state index contributed by atoms with van der Waals surface area (Å²) < 4.78 is 24.5. The minimum Gasteiger partial charge on any atom is -0.467 e. The molecule has 0 saturated heterocycles. The van der Waals surface area contributed by atoms with Crippen LogP contribution in [0.4, 0.5) is 10.1 Å². The van der Waals surface area contributed by atoms with Gasteiger partial charge in [0.25, 0.3) is 0 Å². The van der Waals surface area contributed by atoms with Crippen LogP contribution in [0.3, 0.4) is 0 Å². The fourth-order valence-electron chi connectivity index (χ4n) is 3.12. The maximum atomic E-state index is 13.8. The van der Waals surface area contributed by atoms with E-state index in [0.29, 0.717) is 29.4 Å². The second kappa shape index (κ2) is 8.19. The Balaban J connectivity index is 1.81. The highest BCUT2D eigenvalue weighted by Gasteiger charge is 2.17. The molecule has 2 aromatic rings. The van der Waals surface area contributed by atoms with Crippen molar-refractivity contribution in [1.82, 2.24) is 0 Å². The van der Waals surface area contributed by atoms with Gasteiger partial charge < -0.3 is 20.5 Å². The Morgan fingerprint density at radius 3 is 2.62 bits per heavy atom. The van der Waals surface area contributed by atoms with Crippen LogP contribution in [0.2, 0.25) is 0 Å². The predicted octanol–water partition coefficient (Wildman–Crippen LogP) is 3.74. The highest BCUT2D eigenvalue weighted by molar-refractivity contribution is 5.93. The number of para-hydroxylation sites is 1. The lowest BCUT2D eigenvalue weighted by Gasteiger charge is -2.20. The molecular formula is C20H24FN3O2. The Morgan fingerprint density at radius 2 is 1.92 bits per heavy atom. The SMILES string of the molecule is CCc1cccc(CC)c1NC(N)=NCc1cc(F)cc2c1OCOC2. The molecule has 3 rings (SSSR count). The van der Waals surface area contributed by atoms with E-state index in [4.69, 9.17) is 15.2 Å². The van der Waals surface area contributed by atoms with E-state index < -0.39 is 0 Å². The van der Waals surface area contributed by atoms with Crippen LogP contribution in [-0.2, 0) is 30.7 Å². The Morgan fingerprint density at radius 1 is 1.19 bits per heavy atom. The Kier molecular flexibility index (Phi) is 5.73.